The van der Waals surface area contributed by atoms with Crippen LogP contribution < -0.4 is 0 Å². The van der Waals surface area contributed by atoms with Gasteiger partial charge in [0.05, 0.1) is 13.2 Å². The van der Waals surface area contributed by atoms with Gasteiger partial charge in [-0.25, -0.2) is 9.36 Å². The lowest BCUT2D eigenvalue weighted by atomic mass is 9.95. The highest BCUT2D eigenvalue weighted by atomic mass is 31.2. The third kappa shape index (κ3) is 12.2. The van der Waals surface area contributed by atoms with Gasteiger partial charge in [-0.05, 0) is 18.8 Å². The van der Waals surface area contributed by atoms with Crippen LogP contribution in [0, 0.1) is 5.92 Å². The molecular weight excluding hydrogens is 463 g/mol. The van der Waals surface area contributed by atoms with E-state index in [0.717, 1.165) is 38.5 Å². The van der Waals surface area contributed by atoms with Crippen LogP contribution in [0.4, 0.5) is 0 Å². The van der Waals surface area contributed by atoms with Crippen molar-refractivity contribution in [3.8, 4) is 0 Å². The number of carbonyl (C=O) groups is 2. The summed E-state index contributed by atoms with van der Waals surface area (Å²) in [5.41, 5.74) is 0. The summed E-state index contributed by atoms with van der Waals surface area (Å²) in [4.78, 5) is 34.2. The van der Waals surface area contributed by atoms with Crippen molar-refractivity contribution in [1.29, 1.82) is 0 Å². The van der Waals surface area contributed by atoms with Crippen LogP contribution in [0.3, 0.4) is 0 Å². The number of ketones is 1. The molecule has 1 saturated heterocycles. The molecule has 0 radical (unpaired) electrons. The van der Waals surface area contributed by atoms with Gasteiger partial charge in [0.1, 0.15) is 6.10 Å². The monoisotopic (exact) mass is 508 g/mol. The van der Waals surface area contributed by atoms with Gasteiger partial charge < -0.3 is 19.8 Å². The molecule has 1 heterocycles. The first kappa shape index (κ1) is 31.2. The summed E-state index contributed by atoms with van der Waals surface area (Å²) in [5.74, 6) is -2.12. The van der Waals surface area contributed by atoms with Gasteiger partial charge >= 0.3 is 13.8 Å². The van der Waals surface area contributed by atoms with Crippen LogP contribution in [-0.2, 0) is 27.9 Å². The number of phosphoric acid groups is 1. The molecule has 0 aliphatic carbocycles. The van der Waals surface area contributed by atoms with Crippen molar-refractivity contribution in [2.24, 2.45) is 5.92 Å². The molecule has 0 aromatic rings. The Morgan fingerprint density at radius 3 is 1.91 bits per heavy atom. The maximum atomic E-state index is 12.4. The van der Waals surface area contributed by atoms with E-state index < -0.39 is 44.5 Å². The first-order chi connectivity index (χ1) is 16.3. The summed E-state index contributed by atoms with van der Waals surface area (Å²) >= 11 is 0. The Bertz CT molecular complexity index is 612. The lowest BCUT2D eigenvalue weighted by Crippen LogP contribution is -2.37. The topological polar surface area (TPSA) is 140 Å². The van der Waals surface area contributed by atoms with E-state index in [4.69, 9.17) is 14.2 Å². The summed E-state index contributed by atoms with van der Waals surface area (Å²) < 4.78 is 27.1. The maximum absolute atomic E-state index is 12.4. The smallest absolute Gasteiger partial charge is 0.449 e. The van der Waals surface area contributed by atoms with Gasteiger partial charge in [-0.2, -0.15) is 0 Å². The van der Waals surface area contributed by atoms with E-state index in [0.29, 0.717) is 0 Å². The molecule has 0 amide bonds. The maximum Gasteiger partial charge on any atom is 0.473 e. The Morgan fingerprint density at radius 1 is 0.912 bits per heavy atom. The fourth-order valence-corrected chi connectivity index (χ4v) is 4.99. The first-order valence-corrected chi connectivity index (χ1v) is 14.4. The summed E-state index contributed by atoms with van der Waals surface area (Å²) in [6, 6.07) is 0. The van der Waals surface area contributed by atoms with Crippen LogP contribution in [0.25, 0.3) is 0 Å². The minimum Gasteiger partial charge on any atom is -0.449 e. The molecule has 10 heteroatoms. The highest BCUT2D eigenvalue weighted by Crippen LogP contribution is 2.46. The van der Waals surface area contributed by atoms with Crippen molar-refractivity contribution < 1.29 is 43.0 Å². The second kappa shape index (κ2) is 17.6. The fourth-order valence-electron chi connectivity index (χ4n) is 4.07. The van der Waals surface area contributed by atoms with E-state index in [1.54, 1.807) is 0 Å². The molecule has 34 heavy (non-hydrogen) atoms. The number of hydrogen-bond donors (Lipinski definition) is 3. The van der Waals surface area contributed by atoms with E-state index >= 15 is 0 Å². The van der Waals surface area contributed by atoms with Crippen LogP contribution in [0.1, 0.15) is 104 Å². The molecule has 1 aliphatic rings. The van der Waals surface area contributed by atoms with Crippen LogP contribution in [0.2, 0.25) is 0 Å². The number of ether oxygens (including phenoxy) is 1. The molecule has 200 valence electrons. The molecule has 1 rings (SSSR count). The van der Waals surface area contributed by atoms with Gasteiger partial charge in [0.2, 0.25) is 11.9 Å². The third-order valence-electron chi connectivity index (χ3n) is 6.18. The van der Waals surface area contributed by atoms with Crippen LogP contribution in [-0.4, -0.2) is 58.4 Å². The molecule has 4 atom stereocenters. The normalized spacial score (nSPS) is 21.1. The number of aliphatic hydroxyl groups is 2. The van der Waals surface area contributed by atoms with E-state index in [2.05, 4.69) is 18.6 Å². The summed E-state index contributed by atoms with van der Waals surface area (Å²) in [5, 5.41) is 18.5. The number of carbonyl (C=O) groups excluding carboxylic acids is 2. The van der Waals surface area contributed by atoms with Gasteiger partial charge in [0.25, 0.3) is 0 Å². The standard InChI is InChI=1S/C24H45O9P/c1-3-5-7-9-11-13-15-19(16-14-12-10-8-6-4-2)18-31-34(29,30)33-23-21(27)22(20(26)17-25)32-24(23)28/h19-20,22-23,25-26H,3-18H2,1-2H3,(H,29,30)/t20?,22-,23?/m1/s1. The van der Waals surface area contributed by atoms with Crippen molar-refractivity contribution >= 4 is 19.6 Å². The van der Waals surface area contributed by atoms with Crippen molar-refractivity contribution in [3.05, 3.63) is 0 Å². The molecule has 9 nitrogen and oxygen atoms in total. The molecule has 0 saturated carbocycles. The lowest BCUT2D eigenvalue weighted by molar-refractivity contribution is -0.151. The molecule has 0 aromatic carbocycles. The van der Waals surface area contributed by atoms with E-state index in [9.17, 15) is 24.2 Å². The quantitative estimate of drug-likeness (QED) is 0.0887. The van der Waals surface area contributed by atoms with E-state index in [-0.39, 0.29) is 12.5 Å². The van der Waals surface area contributed by atoms with Gasteiger partial charge in [0, 0.05) is 0 Å². The number of esters is 1. The molecule has 1 fully saturated rings. The lowest BCUT2D eigenvalue weighted by Gasteiger charge is -2.20. The van der Waals surface area contributed by atoms with Gasteiger partial charge in [-0.3, -0.25) is 13.8 Å². The number of rotatable bonds is 21. The molecule has 1 aliphatic heterocycles. The molecule has 0 bridgehead atoms. The number of phosphoric ester groups is 1. The molecule has 3 N–H and O–H groups in total. The Hall–Kier alpha value is -0.830. The Kier molecular flexibility index (Phi) is 16.1. The van der Waals surface area contributed by atoms with E-state index in [1.807, 2.05) is 0 Å². The Labute approximate surface area is 204 Å². The fraction of sp³-hybridized carbons (Fsp3) is 0.917. The van der Waals surface area contributed by atoms with Crippen molar-refractivity contribution in [1.82, 2.24) is 0 Å². The number of aliphatic hydroxyl groups excluding tert-OH is 2. The van der Waals surface area contributed by atoms with Gasteiger partial charge in [0.15, 0.2) is 6.10 Å². The average molecular weight is 509 g/mol. The second-order valence-corrected chi connectivity index (χ2v) is 10.6. The van der Waals surface area contributed by atoms with Gasteiger partial charge in [-0.1, -0.05) is 90.9 Å². The number of cyclic esters (lactones) is 1. The number of Topliss-reactive ketones (excluding diaryl/α,β-unsaturated/α-hetero) is 1. The van der Waals surface area contributed by atoms with Crippen LogP contribution >= 0.6 is 7.82 Å². The first-order valence-electron chi connectivity index (χ1n) is 12.9. The minimum absolute atomic E-state index is 0.00362. The van der Waals surface area contributed by atoms with Crippen LogP contribution in [0.15, 0.2) is 0 Å². The summed E-state index contributed by atoms with van der Waals surface area (Å²) in [7, 11) is -4.71. The average Bonchev–Trinajstić information content (AvgIpc) is 3.08. The molecular formula is C24H45O9P. The number of hydrogen-bond acceptors (Lipinski definition) is 8. The third-order valence-corrected chi connectivity index (χ3v) is 7.13. The zero-order valence-corrected chi connectivity index (χ0v) is 21.8. The highest BCUT2D eigenvalue weighted by molar-refractivity contribution is 7.47. The predicted molar refractivity (Wildman–Crippen MR) is 128 cm³/mol. The molecule has 0 aromatic heterocycles. The van der Waals surface area contributed by atoms with Crippen molar-refractivity contribution in [2.45, 2.75) is 122 Å². The zero-order chi connectivity index (χ0) is 25.4. The summed E-state index contributed by atoms with van der Waals surface area (Å²) in [6.45, 7) is 3.55. The van der Waals surface area contributed by atoms with Crippen molar-refractivity contribution in [3.63, 3.8) is 0 Å². The number of unbranched alkanes of at least 4 members (excludes halogenated alkanes) is 10. The second-order valence-electron chi connectivity index (χ2n) is 9.24. The molecule has 3 unspecified atom stereocenters. The zero-order valence-electron chi connectivity index (χ0n) is 20.9. The molecule has 0 spiro atoms. The van der Waals surface area contributed by atoms with E-state index in [1.165, 1.54) is 51.4 Å². The van der Waals surface area contributed by atoms with Gasteiger partial charge in [-0.15, -0.1) is 0 Å². The Morgan fingerprint density at radius 2 is 1.41 bits per heavy atom. The van der Waals surface area contributed by atoms with Crippen LogP contribution in [0.5, 0.6) is 0 Å². The predicted octanol–water partition coefficient (Wildman–Crippen LogP) is 4.45. The Balaban J connectivity index is 2.55. The summed E-state index contributed by atoms with van der Waals surface area (Å²) in [6.07, 6.45) is 10.4. The van der Waals surface area contributed by atoms with Crippen molar-refractivity contribution in [2.75, 3.05) is 13.2 Å². The largest absolute Gasteiger partial charge is 0.473 e. The highest BCUT2D eigenvalue weighted by Gasteiger charge is 2.50. The SMILES string of the molecule is CCCCCCCCC(CCCCCCCC)COP(=O)(O)OC1C(=O)O[C@H](C(O)CO)C1=O. The minimum atomic E-state index is -4.71.